The molecule has 0 saturated carbocycles. The minimum Gasteiger partial charge on any atom is -0.323 e. The second kappa shape index (κ2) is 20.1. The maximum Gasteiger partial charge on any atom is 0.237 e. The topological polar surface area (TPSA) is 63.2 Å². The molecule has 1 amide bonds. The molecule has 10 heteroatoms. The molecule has 226 valence electrons. The average molecular weight is 944 g/mol. The van der Waals surface area contributed by atoms with E-state index in [1.807, 2.05) is 0 Å². The van der Waals surface area contributed by atoms with E-state index in [0.29, 0.717) is 33.9 Å². The molecule has 0 saturated heterocycles. The number of anilines is 1. The molecule has 1 atom stereocenters. The van der Waals surface area contributed by atoms with E-state index in [4.69, 9.17) is 12.2 Å². The van der Waals surface area contributed by atoms with Crippen molar-refractivity contribution >= 4 is 130 Å². The number of halogens is 3. The Morgan fingerprint density at radius 3 is 1.68 bits per heavy atom. The van der Waals surface area contributed by atoms with Crippen LogP contribution in [0.5, 0.6) is 0 Å². The molecule has 0 heterocycles. The van der Waals surface area contributed by atoms with Crippen molar-refractivity contribution in [2.75, 3.05) is 11.1 Å². The normalized spacial score (nSPS) is 12.3. The van der Waals surface area contributed by atoms with Gasteiger partial charge in [-0.15, -0.1) is 11.8 Å². The van der Waals surface area contributed by atoms with Crippen LogP contribution in [0.15, 0.2) is 0 Å². The lowest BCUT2D eigenvalue weighted by Gasteiger charge is -2.26. The number of hydrogen-bond acceptors (Lipinski definition) is 6. The number of benzene rings is 1. The van der Waals surface area contributed by atoms with Gasteiger partial charge in [0.15, 0.2) is 11.6 Å². The first-order chi connectivity index (χ1) is 18.7. The van der Waals surface area contributed by atoms with E-state index >= 15 is 0 Å². The van der Waals surface area contributed by atoms with Crippen molar-refractivity contribution in [2.24, 2.45) is 5.41 Å². The highest BCUT2D eigenvalue weighted by Gasteiger charge is 2.30. The molecule has 0 bridgehead atoms. The molecular formula is C30H44I3NO3S3. The smallest absolute Gasteiger partial charge is 0.237 e. The average Bonchev–Trinajstić information content (AvgIpc) is 2.83. The number of carbonyl (C=O) groups is 3. The number of Topliss-reactive ketones (excluding diaryl/α,β-unsaturated/α-hetero) is 2. The first-order valence-corrected chi connectivity index (χ1v) is 19.6. The van der Waals surface area contributed by atoms with Gasteiger partial charge in [-0.25, -0.2) is 0 Å². The van der Waals surface area contributed by atoms with Crippen LogP contribution in [0, 0.1) is 16.1 Å². The quantitative estimate of drug-likeness (QED) is 0.0727. The Morgan fingerprint density at radius 1 is 0.800 bits per heavy atom. The van der Waals surface area contributed by atoms with Crippen LogP contribution in [0.4, 0.5) is 5.69 Å². The molecule has 0 spiro atoms. The van der Waals surface area contributed by atoms with E-state index in [1.165, 1.54) is 83.4 Å². The van der Waals surface area contributed by atoms with Gasteiger partial charge in [-0.3, -0.25) is 14.4 Å². The molecule has 1 unspecified atom stereocenters. The summed E-state index contributed by atoms with van der Waals surface area (Å²) in [5.41, 5.74) is 1.41. The first-order valence-electron chi connectivity index (χ1n) is 14.1. The van der Waals surface area contributed by atoms with Crippen molar-refractivity contribution in [1.82, 2.24) is 0 Å². The summed E-state index contributed by atoms with van der Waals surface area (Å²) >= 11 is 15.1. The van der Waals surface area contributed by atoms with E-state index in [9.17, 15) is 14.4 Å². The largest absolute Gasteiger partial charge is 0.323 e. The van der Waals surface area contributed by atoms with Crippen molar-refractivity contribution in [2.45, 2.75) is 117 Å². The number of carbonyl (C=O) groups excluding carboxylic acids is 3. The number of thioether (sulfide) groups is 2. The minimum atomic E-state index is -0.375. The summed E-state index contributed by atoms with van der Waals surface area (Å²) in [7, 11) is 0. The van der Waals surface area contributed by atoms with Gasteiger partial charge < -0.3 is 5.32 Å². The summed E-state index contributed by atoms with van der Waals surface area (Å²) < 4.78 is 2.75. The zero-order valence-electron chi connectivity index (χ0n) is 24.6. The van der Waals surface area contributed by atoms with Crippen molar-refractivity contribution in [1.29, 1.82) is 0 Å². The Kier molecular flexibility index (Phi) is 19.6. The van der Waals surface area contributed by atoms with Crippen LogP contribution in [0.3, 0.4) is 0 Å². The van der Waals surface area contributed by atoms with Crippen LogP contribution in [-0.4, -0.2) is 32.0 Å². The van der Waals surface area contributed by atoms with Gasteiger partial charge in [-0.2, -0.15) is 0 Å². The van der Waals surface area contributed by atoms with Crippen molar-refractivity contribution in [3.63, 3.8) is 0 Å². The van der Waals surface area contributed by atoms with Crippen LogP contribution in [0.25, 0.3) is 0 Å². The van der Waals surface area contributed by atoms with Crippen LogP contribution >= 0.6 is 104 Å². The lowest BCUT2D eigenvalue weighted by Crippen LogP contribution is -2.31. The second-order valence-electron chi connectivity index (χ2n) is 11.3. The maximum absolute atomic E-state index is 13.7. The predicted octanol–water partition coefficient (Wildman–Crippen LogP) is 11.3. The number of nitrogens with one attached hydrogen (secondary N) is 1. The summed E-state index contributed by atoms with van der Waals surface area (Å²) in [6.45, 7) is 11.6. The first kappa shape index (κ1) is 39.0. The van der Waals surface area contributed by atoms with Crippen molar-refractivity contribution < 1.29 is 14.4 Å². The summed E-state index contributed by atoms with van der Waals surface area (Å²) in [6, 6.07) is 0. The molecule has 1 N–H and O–H groups in total. The molecule has 0 aliphatic rings. The highest BCUT2D eigenvalue weighted by Crippen LogP contribution is 2.38. The molecule has 1 aromatic rings. The fraction of sp³-hybridized carbons (Fsp3) is 0.667. The van der Waals surface area contributed by atoms with Gasteiger partial charge in [0.2, 0.25) is 5.91 Å². The lowest BCUT2D eigenvalue weighted by atomic mass is 9.90. The highest BCUT2D eigenvalue weighted by atomic mass is 127. The lowest BCUT2D eigenvalue weighted by molar-refractivity contribution is -0.116. The predicted molar refractivity (Wildman–Crippen MR) is 206 cm³/mol. The Balaban J connectivity index is 2.82. The molecule has 4 nitrogen and oxygen atoms in total. The molecule has 0 radical (unpaired) electrons. The third kappa shape index (κ3) is 14.2. The molecular weight excluding hydrogens is 899 g/mol. The molecule has 40 heavy (non-hydrogen) atoms. The number of thiocarbonyl (C=S) groups is 1. The van der Waals surface area contributed by atoms with Crippen LogP contribution in [0.2, 0.25) is 0 Å². The van der Waals surface area contributed by atoms with Crippen molar-refractivity contribution in [3.8, 4) is 0 Å². The van der Waals surface area contributed by atoms with Gasteiger partial charge >= 0.3 is 0 Å². The zero-order chi connectivity index (χ0) is 30.5. The Hall–Kier alpha value is 1.01. The third-order valence-corrected chi connectivity index (χ3v) is 12.4. The Morgan fingerprint density at radius 2 is 1.25 bits per heavy atom. The molecule has 0 aromatic heterocycles. The van der Waals surface area contributed by atoms with Gasteiger partial charge in [0, 0.05) is 21.8 Å². The van der Waals surface area contributed by atoms with E-state index in [2.05, 4.69) is 101 Å². The molecule has 1 aromatic carbocycles. The van der Waals surface area contributed by atoms with E-state index in [1.54, 1.807) is 11.8 Å². The summed E-state index contributed by atoms with van der Waals surface area (Å²) in [5, 5.41) is 2.71. The fourth-order valence-corrected chi connectivity index (χ4v) is 12.2. The summed E-state index contributed by atoms with van der Waals surface area (Å²) in [6.07, 6.45) is 13.7. The van der Waals surface area contributed by atoms with E-state index in [0.717, 1.165) is 15.7 Å². The van der Waals surface area contributed by atoms with Crippen molar-refractivity contribution in [3.05, 3.63) is 21.8 Å². The third-order valence-electron chi connectivity index (χ3n) is 6.32. The van der Waals surface area contributed by atoms with Crippen LogP contribution in [0.1, 0.15) is 133 Å². The van der Waals surface area contributed by atoms with E-state index in [-0.39, 0.29) is 28.1 Å². The SMILES string of the molecule is CCCCCCCCCCCCSC(=S)SC(CC(C)(C)C)C(=O)Nc1c(I)c(C(C)=O)c(I)c(C(C)=O)c1I. The summed E-state index contributed by atoms with van der Waals surface area (Å²) in [4.78, 5) is 38.6. The van der Waals surface area contributed by atoms with Gasteiger partial charge in [-0.1, -0.05) is 109 Å². The number of rotatable bonds is 17. The minimum absolute atomic E-state index is 0.0761. The molecule has 0 aliphatic heterocycles. The van der Waals surface area contributed by atoms with Gasteiger partial charge in [0.1, 0.15) is 3.53 Å². The highest BCUT2D eigenvalue weighted by molar-refractivity contribution is 14.1. The monoisotopic (exact) mass is 943 g/mol. The van der Waals surface area contributed by atoms with Crippen LogP contribution < -0.4 is 5.32 Å². The number of ketones is 2. The second-order valence-corrected chi connectivity index (χ2v) is 18.1. The number of hydrogen-bond donors (Lipinski definition) is 1. The Bertz CT molecular complexity index is 1000. The summed E-state index contributed by atoms with van der Waals surface area (Å²) in [5.74, 6) is 0.563. The standard InChI is InChI=1S/C30H44I3NO3S3/c1-7-8-9-10-11-12-13-14-15-16-17-39-29(38)40-21(18-30(4,5)6)28(37)34-27-25(32)22(19(2)35)24(31)23(20(3)36)26(27)33/h21H,7-18H2,1-6H3,(H,34,37). The molecule has 1 rings (SSSR count). The zero-order valence-corrected chi connectivity index (χ0v) is 33.6. The molecule has 0 fully saturated rings. The van der Waals surface area contributed by atoms with Gasteiger partial charge in [0.25, 0.3) is 0 Å². The van der Waals surface area contributed by atoms with Gasteiger partial charge in [-0.05, 0) is 106 Å². The Labute approximate surface area is 297 Å². The number of amides is 1. The maximum atomic E-state index is 13.7. The number of unbranched alkanes of at least 4 members (excludes halogenated alkanes) is 9. The van der Waals surface area contributed by atoms with Crippen LogP contribution in [-0.2, 0) is 4.79 Å². The fourth-order valence-electron chi connectivity index (χ4n) is 4.23. The van der Waals surface area contributed by atoms with Gasteiger partial charge in [0.05, 0.1) is 10.9 Å². The molecule has 0 aliphatic carbocycles. The van der Waals surface area contributed by atoms with E-state index < -0.39 is 0 Å².